The average molecular weight is 366 g/mol. The van der Waals surface area contributed by atoms with Gasteiger partial charge in [0, 0.05) is 11.1 Å². The molecule has 0 saturated carbocycles. The highest BCUT2D eigenvalue weighted by Gasteiger charge is 2.11. The van der Waals surface area contributed by atoms with E-state index in [0.29, 0.717) is 11.3 Å². The smallest absolute Gasteiger partial charge is 0.337 e. The SMILES string of the molecule is COC(=O)c1ccc(C)c(NC(=O)CSc2ccc3ccccc3n2)c1. The van der Waals surface area contributed by atoms with Gasteiger partial charge >= 0.3 is 5.97 Å². The molecule has 0 fully saturated rings. The number of pyridine rings is 1. The number of methoxy groups -OCH3 is 1. The Morgan fingerprint density at radius 3 is 2.73 bits per heavy atom. The van der Waals surface area contributed by atoms with Crippen molar-refractivity contribution in [3.05, 3.63) is 65.7 Å². The number of nitrogens with zero attached hydrogens (tertiary/aromatic N) is 1. The second-order valence-electron chi connectivity index (χ2n) is 5.70. The summed E-state index contributed by atoms with van der Waals surface area (Å²) in [6, 6.07) is 16.8. The number of para-hydroxylation sites is 1. The molecule has 0 aliphatic rings. The third-order valence-corrected chi connectivity index (χ3v) is 4.79. The van der Waals surface area contributed by atoms with E-state index in [4.69, 9.17) is 4.74 Å². The summed E-state index contributed by atoms with van der Waals surface area (Å²) in [5.74, 6) is -0.363. The summed E-state index contributed by atoms with van der Waals surface area (Å²) in [7, 11) is 1.33. The molecule has 6 heteroatoms. The van der Waals surface area contributed by atoms with E-state index in [0.717, 1.165) is 21.5 Å². The monoisotopic (exact) mass is 366 g/mol. The Hall–Kier alpha value is -2.86. The Kier molecular flexibility index (Phi) is 5.53. The first-order valence-corrected chi connectivity index (χ1v) is 9.03. The van der Waals surface area contributed by atoms with Crippen LogP contribution in [0.15, 0.2) is 59.6 Å². The number of rotatable bonds is 5. The van der Waals surface area contributed by atoms with Gasteiger partial charge in [0.2, 0.25) is 5.91 Å². The number of thioether (sulfide) groups is 1. The summed E-state index contributed by atoms with van der Waals surface area (Å²) in [6.45, 7) is 1.87. The summed E-state index contributed by atoms with van der Waals surface area (Å²) < 4.78 is 4.71. The zero-order valence-corrected chi connectivity index (χ0v) is 15.3. The molecule has 0 aliphatic heterocycles. The lowest BCUT2D eigenvalue weighted by molar-refractivity contribution is -0.113. The third kappa shape index (κ3) is 4.21. The number of hydrogen-bond acceptors (Lipinski definition) is 5. The Morgan fingerprint density at radius 1 is 1.12 bits per heavy atom. The van der Waals surface area contributed by atoms with Crippen LogP contribution in [0.2, 0.25) is 0 Å². The van der Waals surface area contributed by atoms with Crippen LogP contribution < -0.4 is 5.32 Å². The summed E-state index contributed by atoms with van der Waals surface area (Å²) in [6.07, 6.45) is 0. The minimum atomic E-state index is -0.435. The van der Waals surface area contributed by atoms with Gasteiger partial charge in [0.15, 0.2) is 0 Å². The number of hydrogen-bond donors (Lipinski definition) is 1. The fourth-order valence-electron chi connectivity index (χ4n) is 2.45. The number of carbonyl (C=O) groups is 2. The van der Waals surface area contributed by atoms with Crippen LogP contribution in [0.5, 0.6) is 0 Å². The molecule has 0 saturated heterocycles. The van der Waals surface area contributed by atoms with Gasteiger partial charge in [-0.15, -0.1) is 0 Å². The van der Waals surface area contributed by atoms with Crippen molar-refractivity contribution in [2.24, 2.45) is 0 Å². The average Bonchev–Trinajstić information content (AvgIpc) is 2.67. The highest BCUT2D eigenvalue weighted by molar-refractivity contribution is 7.99. The molecule has 3 rings (SSSR count). The minimum Gasteiger partial charge on any atom is -0.465 e. The predicted molar refractivity (Wildman–Crippen MR) is 104 cm³/mol. The Balaban J connectivity index is 1.66. The Bertz CT molecular complexity index is 972. The maximum Gasteiger partial charge on any atom is 0.337 e. The second-order valence-corrected chi connectivity index (χ2v) is 6.70. The summed E-state index contributed by atoms with van der Waals surface area (Å²) >= 11 is 1.37. The van der Waals surface area contributed by atoms with E-state index in [-0.39, 0.29) is 11.7 Å². The fourth-order valence-corrected chi connectivity index (χ4v) is 3.13. The van der Waals surface area contributed by atoms with Crippen LogP contribution in [-0.2, 0) is 9.53 Å². The number of amides is 1. The highest BCUT2D eigenvalue weighted by Crippen LogP contribution is 2.21. The molecular weight excluding hydrogens is 348 g/mol. The molecular formula is C20H18N2O3S. The van der Waals surface area contributed by atoms with Crippen LogP contribution in [0.3, 0.4) is 0 Å². The number of aryl methyl sites for hydroxylation is 1. The minimum absolute atomic E-state index is 0.157. The molecule has 1 N–H and O–H groups in total. The van der Waals surface area contributed by atoms with E-state index in [1.54, 1.807) is 18.2 Å². The lowest BCUT2D eigenvalue weighted by Crippen LogP contribution is -2.15. The summed E-state index contributed by atoms with van der Waals surface area (Å²) in [5, 5.41) is 4.70. The van der Waals surface area contributed by atoms with Crippen molar-refractivity contribution in [1.29, 1.82) is 0 Å². The first-order chi connectivity index (χ1) is 12.6. The van der Waals surface area contributed by atoms with E-state index < -0.39 is 5.97 Å². The predicted octanol–water partition coefficient (Wildman–Crippen LogP) is 4.06. The second kappa shape index (κ2) is 8.01. The van der Waals surface area contributed by atoms with E-state index in [1.165, 1.54) is 18.9 Å². The zero-order valence-electron chi connectivity index (χ0n) is 14.5. The first-order valence-electron chi connectivity index (χ1n) is 8.04. The lowest BCUT2D eigenvalue weighted by atomic mass is 10.1. The van der Waals surface area contributed by atoms with Crippen LogP contribution in [0, 0.1) is 6.92 Å². The van der Waals surface area contributed by atoms with Crippen LogP contribution in [0.1, 0.15) is 15.9 Å². The number of nitrogens with one attached hydrogen (secondary N) is 1. The molecule has 0 spiro atoms. The van der Waals surface area contributed by atoms with Gasteiger partial charge in [0.1, 0.15) is 0 Å². The highest BCUT2D eigenvalue weighted by atomic mass is 32.2. The summed E-state index contributed by atoms with van der Waals surface area (Å²) in [5.41, 5.74) is 2.78. The number of fused-ring (bicyclic) bond motifs is 1. The molecule has 0 unspecified atom stereocenters. The Morgan fingerprint density at radius 2 is 1.92 bits per heavy atom. The molecule has 0 atom stereocenters. The van der Waals surface area contributed by atoms with Crippen molar-refractivity contribution in [2.45, 2.75) is 11.9 Å². The van der Waals surface area contributed by atoms with Gasteiger partial charge in [-0.25, -0.2) is 9.78 Å². The van der Waals surface area contributed by atoms with Crippen molar-refractivity contribution in [3.63, 3.8) is 0 Å². The molecule has 3 aromatic rings. The molecule has 1 amide bonds. The number of ether oxygens (including phenoxy) is 1. The van der Waals surface area contributed by atoms with E-state index in [9.17, 15) is 9.59 Å². The van der Waals surface area contributed by atoms with Crippen molar-refractivity contribution in [3.8, 4) is 0 Å². The molecule has 1 heterocycles. The molecule has 0 radical (unpaired) electrons. The maximum absolute atomic E-state index is 12.3. The van der Waals surface area contributed by atoms with Gasteiger partial charge in [0.05, 0.1) is 29.0 Å². The normalized spacial score (nSPS) is 10.5. The molecule has 132 valence electrons. The van der Waals surface area contributed by atoms with Gasteiger partial charge in [0.25, 0.3) is 0 Å². The molecule has 0 aliphatic carbocycles. The number of esters is 1. The molecule has 1 aromatic heterocycles. The quantitative estimate of drug-likeness (QED) is 0.545. The number of benzene rings is 2. The van der Waals surface area contributed by atoms with Gasteiger partial charge < -0.3 is 10.1 Å². The molecule has 0 bridgehead atoms. The van der Waals surface area contributed by atoms with Crippen molar-refractivity contribution >= 4 is 40.2 Å². The molecule has 2 aromatic carbocycles. The largest absolute Gasteiger partial charge is 0.465 e. The van der Waals surface area contributed by atoms with Gasteiger partial charge in [-0.3, -0.25) is 4.79 Å². The number of anilines is 1. The third-order valence-electron chi connectivity index (χ3n) is 3.86. The zero-order chi connectivity index (χ0) is 18.5. The topological polar surface area (TPSA) is 68.3 Å². The van der Waals surface area contributed by atoms with Crippen LogP contribution in [-0.4, -0.2) is 29.7 Å². The van der Waals surface area contributed by atoms with Crippen LogP contribution >= 0.6 is 11.8 Å². The summed E-state index contributed by atoms with van der Waals surface area (Å²) in [4.78, 5) is 28.5. The van der Waals surface area contributed by atoms with Gasteiger partial charge in [-0.1, -0.05) is 42.1 Å². The van der Waals surface area contributed by atoms with E-state index in [1.807, 2.05) is 43.3 Å². The standard InChI is InChI=1S/C20H18N2O3S/c1-13-7-8-15(20(24)25-2)11-17(13)21-18(23)12-26-19-10-9-14-5-3-4-6-16(14)22-19/h3-11H,12H2,1-2H3,(H,21,23). The van der Waals surface area contributed by atoms with E-state index >= 15 is 0 Å². The van der Waals surface area contributed by atoms with Gasteiger partial charge in [-0.05, 0) is 36.8 Å². The van der Waals surface area contributed by atoms with Crippen molar-refractivity contribution in [2.75, 3.05) is 18.2 Å². The van der Waals surface area contributed by atoms with E-state index in [2.05, 4.69) is 10.3 Å². The Labute approximate surface area is 155 Å². The lowest BCUT2D eigenvalue weighted by Gasteiger charge is -2.10. The van der Waals surface area contributed by atoms with Crippen LogP contribution in [0.25, 0.3) is 10.9 Å². The van der Waals surface area contributed by atoms with Crippen LogP contribution in [0.4, 0.5) is 5.69 Å². The fraction of sp³-hybridized carbons (Fsp3) is 0.150. The van der Waals surface area contributed by atoms with Crippen molar-refractivity contribution in [1.82, 2.24) is 4.98 Å². The van der Waals surface area contributed by atoms with Gasteiger partial charge in [-0.2, -0.15) is 0 Å². The molecule has 26 heavy (non-hydrogen) atoms. The molecule has 5 nitrogen and oxygen atoms in total. The maximum atomic E-state index is 12.3. The number of aromatic nitrogens is 1. The first kappa shape index (κ1) is 17.9. The number of carbonyl (C=O) groups excluding carboxylic acids is 2. The van der Waals surface area contributed by atoms with Crippen molar-refractivity contribution < 1.29 is 14.3 Å².